The molecule has 198 valence electrons. The van der Waals surface area contributed by atoms with Gasteiger partial charge in [-0.1, -0.05) is 35.5 Å². The van der Waals surface area contributed by atoms with Gasteiger partial charge in [0.1, 0.15) is 6.61 Å². The number of amides is 2. The molecule has 1 aromatic rings. The van der Waals surface area contributed by atoms with Crippen LogP contribution in [0.25, 0.3) is 0 Å². The molecule has 2 amide bonds. The van der Waals surface area contributed by atoms with Crippen LogP contribution in [0, 0.1) is 13.8 Å². The van der Waals surface area contributed by atoms with Crippen molar-refractivity contribution >= 4 is 34.7 Å². The molecule has 0 N–H and O–H groups in total. The Kier molecular flexibility index (Phi) is 8.39. The van der Waals surface area contributed by atoms with E-state index in [1.165, 1.54) is 11.8 Å². The zero-order valence-electron chi connectivity index (χ0n) is 22.1. The molecular weight excluding hydrogens is 492 g/mol. The number of amidine groups is 1. The molecule has 0 radical (unpaired) electrons. The molecule has 3 aliphatic heterocycles. The number of nitrogens with zero attached hydrogens (tertiary/aromatic N) is 4. The van der Waals surface area contributed by atoms with E-state index in [4.69, 9.17) is 14.5 Å². The fraction of sp³-hybridized carbons (Fsp3) is 0.481. The number of aliphatic imine (C=N–C) groups is 1. The summed E-state index contributed by atoms with van der Waals surface area (Å²) in [5.74, 6) is -0.419. The van der Waals surface area contributed by atoms with E-state index in [-0.39, 0.29) is 24.8 Å². The van der Waals surface area contributed by atoms with Crippen LogP contribution in [0.1, 0.15) is 43.0 Å². The summed E-state index contributed by atoms with van der Waals surface area (Å²) in [5, 5.41) is 2.69. The van der Waals surface area contributed by atoms with E-state index in [2.05, 4.69) is 6.07 Å². The number of benzene rings is 1. The third-order valence-electron chi connectivity index (χ3n) is 6.88. The number of ether oxygens (including phenoxy) is 2. The number of thioether (sulfide) groups is 1. The van der Waals surface area contributed by atoms with Gasteiger partial charge in [0, 0.05) is 45.9 Å². The zero-order valence-corrected chi connectivity index (χ0v) is 22.9. The van der Waals surface area contributed by atoms with Crippen LogP contribution in [0.5, 0.6) is 0 Å². The molecule has 1 unspecified atom stereocenters. The Hall–Kier alpha value is -3.11. The number of rotatable bonds is 7. The average Bonchev–Trinajstić information content (AvgIpc) is 3.26. The van der Waals surface area contributed by atoms with E-state index in [0.29, 0.717) is 44.1 Å². The molecule has 0 aromatic heterocycles. The Bertz CT molecular complexity index is 1180. The summed E-state index contributed by atoms with van der Waals surface area (Å²) in [7, 11) is 1.56. The topological polar surface area (TPSA) is 91.7 Å². The highest BCUT2D eigenvalue weighted by molar-refractivity contribution is 8.16. The van der Waals surface area contributed by atoms with Gasteiger partial charge >= 0.3 is 5.97 Å². The molecule has 1 fully saturated rings. The molecule has 1 aromatic carbocycles. The first-order valence-electron chi connectivity index (χ1n) is 12.4. The number of hydrogen-bond donors (Lipinski definition) is 0. The second-order valence-corrected chi connectivity index (χ2v) is 10.3. The number of carbonyl (C=O) groups excluding carboxylic acids is 3. The van der Waals surface area contributed by atoms with Crippen LogP contribution < -0.4 is 0 Å². The molecule has 0 aliphatic carbocycles. The van der Waals surface area contributed by atoms with Gasteiger partial charge in [0.05, 0.1) is 30.3 Å². The van der Waals surface area contributed by atoms with Gasteiger partial charge in [-0.2, -0.15) is 0 Å². The molecule has 37 heavy (non-hydrogen) atoms. The summed E-state index contributed by atoms with van der Waals surface area (Å²) in [4.78, 5) is 48.6. The summed E-state index contributed by atoms with van der Waals surface area (Å²) in [5.41, 5.74) is 4.95. The van der Waals surface area contributed by atoms with Crippen LogP contribution in [0.15, 0.2) is 45.6 Å². The third kappa shape index (κ3) is 5.75. The summed E-state index contributed by atoms with van der Waals surface area (Å²) in [6.45, 7) is 9.96. The maximum absolute atomic E-state index is 13.3. The SMILES string of the molecule is COCCOC(=O)C1=C(C)N=C2SC=C(CC(=O)N3CCN(C(C)=O)CC3)N2C1c1cc(C)ccc1C. The van der Waals surface area contributed by atoms with Crippen LogP contribution in [-0.4, -0.2) is 84.2 Å². The normalized spacial score (nSPS) is 19.5. The first kappa shape index (κ1) is 26.9. The maximum Gasteiger partial charge on any atom is 0.338 e. The number of piperazine rings is 1. The van der Waals surface area contributed by atoms with Crippen LogP contribution in [-0.2, 0) is 23.9 Å². The maximum atomic E-state index is 13.3. The quantitative estimate of drug-likeness (QED) is 0.398. The molecule has 3 aliphatic rings. The van der Waals surface area contributed by atoms with Crippen LogP contribution >= 0.6 is 11.8 Å². The standard InChI is InChI=1S/C27H34N4O5S/c1-17-6-7-18(2)22(14-17)25-24(26(34)36-13-12-35-5)19(3)28-27-31(25)21(16-37-27)15-23(33)30-10-8-29(9-11-30)20(4)32/h6-7,14,16,25H,8-13,15H2,1-5H3. The van der Waals surface area contributed by atoms with Gasteiger partial charge in [-0.3, -0.25) is 9.59 Å². The highest BCUT2D eigenvalue weighted by Crippen LogP contribution is 2.45. The van der Waals surface area contributed by atoms with Crippen molar-refractivity contribution in [2.45, 2.75) is 40.2 Å². The lowest BCUT2D eigenvalue weighted by Crippen LogP contribution is -2.50. The highest BCUT2D eigenvalue weighted by atomic mass is 32.2. The molecule has 0 bridgehead atoms. The van der Waals surface area contributed by atoms with Crippen molar-refractivity contribution in [1.82, 2.24) is 14.7 Å². The number of methoxy groups -OCH3 is 1. The first-order valence-corrected chi connectivity index (χ1v) is 13.3. The zero-order chi connectivity index (χ0) is 26.7. The van der Waals surface area contributed by atoms with Gasteiger partial charge in [0.15, 0.2) is 5.17 Å². The first-order chi connectivity index (χ1) is 17.7. The lowest BCUT2D eigenvalue weighted by molar-refractivity contribution is -0.141. The Balaban J connectivity index is 1.63. The molecule has 0 spiro atoms. The fourth-order valence-corrected chi connectivity index (χ4v) is 5.78. The van der Waals surface area contributed by atoms with E-state index in [1.54, 1.807) is 23.8 Å². The van der Waals surface area contributed by atoms with Crippen molar-refractivity contribution < 1.29 is 23.9 Å². The Labute approximate surface area is 222 Å². The lowest BCUT2D eigenvalue weighted by atomic mass is 9.90. The van der Waals surface area contributed by atoms with Crippen LogP contribution in [0.3, 0.4) is 0 Å². The predicted molar refractivity (Wildman–Crippen MR) is 143 cm³/mol. The minimum absolute atomic E-state index is 0.00786. The minimum atomic E-state index is -0.467. The van der Waals surface area contributed by atoms with Crippen LogP contribution in [0.2, 0.25) is 0 Å². The van der Waals surface area contributed by atoms with Crippen molar-refractivity contribution in [3.63, 3.8) is 0 Å². The summed E-state index contributed by atoms with van der Waals surface area (Å²) in [6.07, 6.45) is 0.179. The van der Waals surface area contributed by atoms with E-state index >= 15 is 0 Å². The number of fused-ring (bicyclic) bond motifs is 1. The second-order valence-electron chi connectivity index (χ2n) is 9.45. The minimum Gasteiger partial charge on any atom is -0.460 e. The van der Waals surface area contributed by atoms with Gasteiger partial charge < -0.3 is 24.2 Å². The van der Waals surface area contributed by atoms with E-state index in [9.17, 15) is 14.4 Å². The summed E-state index contributed by atoms with van der Waals surface area (Å²) in [6, 6.07) is 5.71. The number of allylic oxidation sites excluding steroid dienone is 1. The largest absolute Gasteiger partial charge is 0.460 e. The molecule has 1 atom stereocenters. The number of aryl methyl sites for hydroxylation is 2. The second kappa shape index (κ2) is 11.5. The molecule has 9 nitrogen and oxygen atoms in total. The van der Waals surface area contributed by atoms with E-state index in [0.717, 1.165) is 27.6 Å². The lowest BCUT2D eigenvalue weighted by Gasteiger charge is -2.38. The number of hydrogen-bond acceptors (Lipinski definition) is 8. The monoisotopic (exact) mass is 526 g/mol. The van der Waals surface area contributed by atoms with Crippen molar-refractivity contribution in [3.05, 3.63) is 57.3 Å². The number of carbonyl (C=O) groups is 3. The van der Waals surface area contributed by atoms with Crippen molar-refractivity contribution in [2.75, 3.05) is 46.5 Å². The van der Waals surface area contributed by atoms with Gasteiger partial charge in [0.25, 0.3) is 0 Å². The van der Waals surface area contributed by atoms with Crippen molar-refractivity contribution in [1.29, 1.82) is 0 Å². The summed E-state index contributed by atoms with van der Waals surface area (Å²) < 4.78 is 10.6. The molecule has 0 saturated carbocycles. The van der Waals surface area contributed by atoms with Crippen molar-refractivity contribution in [3.8, 4) is 0 Å². The van der Waals surface area contributed by atoms with Gasteiger partial charge in [0.2, 0.25) is 11.8 Å². The van der Waals surface area contributed by atoms with Crippen molar-refractivity contribution in [2.24, 2.45) is 4.99 Å². The highest BCUT2D eigenvalue weighted by Gasteiger charge is 2.42. The van der Waals surface area contributed by atoms with Gasteiger partial charge in [-0.15, -0.1) is 0 Å². The van der Waals surface area contributed by atoms with E-state index in [1.807, 2.05) is 43.2 Å². The Morgan fingerprint density at radius 1 is 1.05 bits per heavy atom. The fourth-order valence-electron chi connectivity index (χ4n) is 4.81. The molecule has 10 heteroatoms. The van der Waals surface area contributed by atoms with Crippen LogP contribution in [0.4, 0.5) is 0 Å². The molecule has 4 rings (SSSR count). The Morgan fingerprint density at radius 3 is 2.43 bits per heavy atom. The average molecular weight is 527 g/mol. The summed E-state index contributed by atoms with van der Waals surface area (Å²) >= 11 is 1.46. The molecule has 3 heterocycles. The molecule has 1 saturated heterocycles. The van der Waals surface area contributed by atoms with Gasteiger partial charge in [-0.05, 0) is 37.3 Å². The smallest absolute Gasteiger partial charge is 0.338 e. The molecular formula is C27H34N4O5S. The van der Waals surface area contributed by atoms with Gasteiger partial charge in [-0.25, -0.2) is 9.79 Å². The number of esters is 1. The van der Waals surface area contributed by atoms with E-state index < -0.39 is 12.0 Å². The third-order valence-corrected chi connectivity index (χ3v) is 7.77. The predicted octanol–water partition coefficient (Wildman–Crippen LogP) is 3.15. The Morgan fingerprint density at radius 2 is 1.76 bits per heavy atom.